The number of rotatable bonds is 8. The number of benzene rings is 3. The molecule has 0 aliphatic carbocycles. The molecule has 0 spiro atoms. The minimum atomic E-state index is 0.283. The van der Waals surface area contributed by atoms with Crippen molar-refractivity contribution in [2.75, 3.05) is 40.4 Å². The standard InChI is InChI=1S/C27H29NO5/c1-7-17-9-8-10-22-21-12-11-20(13-18(21)15-28(2)24(17)22)33-16-19-14-23(29-3)26(31-5)27(32-6)25(19)30-4/h7-14H,1,15-16H2,2-6H3. The Morgan fingerprint density at radius 3 is 2.30 bits per heavy atom. The maximum absolute atomic E-state index is 6.17. The third kappa shape index (κ3) is 3.93. The predicted molar refractivity (Wildman–Crippen MR) is 131 cm³/mol. The largest absolute Gasteiger partial charge is 0.493 e. The molecule has 33 heavy (non-hydrogen) atoms. The van der Waals surface area contributed by atoms with Gasteiger partial charge in [-0.1, -0.05) is 36.9 Å². The minimum Gasteiger partial charge on any atom is -0.493 e. The fraction of sp³-hybridized carbons (Fsp3) is 0.259. The van der Waals surface area contributed by atoms with Crippen LogP contribution >= 0.6 is 0 Å². The topological polar surface area (TPSA) is 49.4 Å². The van der Waals surface area contributed by atoms with Crippen molar-refractivity contribution in [1.82, 2.24) is 0 Å². The zero-order valence-corrected chi connectivity index (χ0v) is 19.7. The third-order valence-electron chi connectivity index (χ3n) is 5.90. The highest BCUT2D eigenvalue weighted by Crippen LogP contribution is 2.47. The van der Waals surface area contributed by atoms with E-state index in [1.807, 2.05) is 18.2 Å². The van der Waals surface area contributed by atoms with E-state index < -0.39 is 0 Å². The Morgan fingerprint density at radius 1 is 0.879 bits per heavy atom. The molecule has 0 saturated heterocycles. The molecule has 0 radical (unpaired) electrons. The van der Waals surface area contributed by atoms with Gasteiger partial charge in [0.05, 0.1) is 34.1 Å². The summed E-state index contributed by atoms with van der Waals surface area (Å²) in [6.45, 7) is 5.04. The number of nitrogens with zero attached hydrogens (tertiary/aromatic N) is 1. The van der Waals surface area contributed by atoms with Crippen LogP contribution in [0.4, 0.5) is 5.69 Å². The average molecular weight is 448 g/mol. The van der Waals surface area contributed by atoms with Gasteiger partial charge in [-0.25, -0.2) is 0 Å². The Kier molecular flexibility index (Phi) is 6.36. The van der Waals surface area contributed by atoms with Crippen LogP contribution in [-0.4, -0.2) is 35.5 Å². The molecule has 0 fully saturated rings. The molecular weight excluding hydrogens is 418 g/mol. The summed E-state index contributed by atoms with van der Waals surface area (Å²) in [4.78, 5) is 2.25. The molecule has 0 amide bonds. The van der Waals surface area contributed by atoms with E-state index in [9.17, 15) is 0 Å². The highest BCUT2D eigenvalue weighted by Gasteiger charge is 2.24. The Balaban J connectivity index is 1.65. The molecule has 0 saturated carbocycles. The second kappa shape index (κ2) is 9.36. The summed E-state index contributed by atoms with van der Waals surface area (Å²) in [5.74, 6) is 2.84. The van der Waals surface area contributed by atoms with E-state index in [0.29, 0.717) is 23.0 Å². The Morgan fingerprint density at radius 2 is 1.64 bits per heavy atom. The van der Waals surface area contributed by atoms with Crippen molar-refractivity contribution in [3.8, 4) is 39.9 Å². The summed E-state index contributed by atoms with van der Waals surface area (Å²) in [5, 5.41) is 0. The van der Waals surface area contributed by atoms with Crippen LogP contribution in [0.3, 0.4) is 0 Å². The zero-order valence-electron chi connectivity index (χ0n) is 19.7. The van der Waals surface area contributed by atoms with Crippen LogP contribution in [0.1, 0.15) is 16.7 Å². The maximum Gasteiger partial charge on any atom is 0.207 e. The van der Waals surface area contributed by atoms with Gasteiger partial charge in [0, 0.05) is 24.7 Å². The molecule has 172 valence electrons. The minimum absolute atomic E-state index is 0.283. The highest BCUT2D eigenvalue weighted by molar-refractivity contribution is 5.89. The Labute approximate surface area is 194 Å². The van der Waals surface area contributed by atoms with Crippen LogP contribution in [-0.2, 0) is 13.2 Å². The van der Waals surface area contributed by atoms with Gasteiger partial charge in [0.1, 0.15) is 12.4 Å². The fourth-order valence-corrected chi connectivity index (χ4v) is 4.43. The van der Waals surface area contributed by atoms with Crippen LogP contribution in [0.2, 0.25) is 0 Å². The highest BCUT2D eigenvalue weighted by atomic mass is 16.5. The molecule has 6 heteroatoms. The van der Waals surface area contributed by atoms with Crippen LogP contribution in [0.25, 0.3) is 17.2 Å². The third-order valence-corrected chi connectivity index (χ3v) is 5.90. The molecule has 3 aromatic rings. The monoisotopic (exact) mass is 447 g/mol. The lowest BCUT2D eigenvalue weighted by molar-refractivity contribution is 0.278. The summed E-state index contributed by atoms with van der Waals surface area (Å²) in [5.41, 5.74) is 6.76. The fourth-order valence-electron chi connectivity index (χ4n) is 4.43. The molecule has 0 N–H and O–H groups in total. The molecule has 0 unspecified atom stereocenters. The van der Waals surface area contributed by atoms with E-state index >= 15 is 0 Å². The van der Waals surface area contributed by atoms with Crippen molar-refractivity contribution < 1.29 is 23.7 Å². The summed E-state index contributed by atoms with van der Waals surface area (Å²) in [6.07, 6.45) is 1.91. The maximum atomic E-state index is 6.17. The lowest BCUT2D eigenvalue weighted by atomic mass is 9.91. The molecule has 0 bridgehead atoms. The molecule has 1 aliphatic rings. The van der Waals surface area contributed by atoms with E-state index in [4.69, 9.17) is 23.7 Å². The van der Waals surface area contributed by atoms with Gasteiger partial charge < -0.3 is 28.6 Å². The molecule has 4 rings (SSSR count). The van der Waals surface area contributed by atoms with Gasteiger partial charge in [0.25, 0.3) is 0 Å². The van der Waals surface area contributed by atoms with E-state index in [1.54, 1.807) is 28.4 Å². The van der Waals surface area contributed by atoms with Gasteiger partial charge in [0.15, 0.2) is 11.5 Å². The van der Waals surface area contributed by atoms with E-state index in [1.165, 1.54) is 22.4 Å². The van der Waals surface area contributed by atoms with Crippen LogP contribution in [0, 0.1) is 0 Å². The SMILES string of the molecule is C=Cc1cccc2c1N(C)Cc1cc(OCc3cc(OC)c(OC)c(OC)c3OC)ccc1-2. The van der Waals surface area contributed by atoms with Crippen LogP contribution in [0.15, 0.2) is 49.0 Å². The normalized spacial score (nSPS) is 11.8. The molecule has 1 heterocycles. The van der Waals surface area contributed by atoms with Gasteiger partial charge in [-0.3, -0.25) is 0 Å². The van der Waals surface area contributed by atoms with Gasteiger partial charge >= 0.3 is 0 Å². The molecule has 0 atom stereocenters. The number of ether oxygens (including phenoxy) is 5. The summed E-state index contributed by atoms with van der Waals surface area (Å²) < 4.78 is 28.3. The summed E-state index contributed by atoms with van der Waals surface area (Å²) >= 11 is 0. The van der Waals surface area contributed by atoms with Crippen LogP contribution in [0.5, 0.6) is 28.7 Å². The van der Waals surface area contributed by atoms with Crippen molar-refractivity contribution in [2.45, 2.75) is 13.2 Å². The lowest BCUT2D eigenvalue weighted by Gasteiger charge is -2.31. The van der Waals surface area contributed by atoms with E-state index in [0.717, 1.165) is 23.4 Å². The molecule has 0 aromatic heterocycles. The van der Waals surface area contributed by atoms with Crippen molar-refractivity contribution in [1.29, 1.82) is 0 Å². The second-order valence-electron chi connectivity index (χ2n) is 7.75. The number of anilines is 1. The Hall–Kier alpha value is -3.80. The number of methoxy groups -OCH3 is 4. The van der Waals surface area contributed by atoms with Crippen molar-refractivity contribution >= 4 is 11.8 Å². The average Bonchev–Trinajstić information content (AvgIpc) is 2.85. The van der Waals surface area contributed by atoms with Crippen molar-refractivity contribution in [3.05, 3.63) is 65.7 Å². The van der Waals surface area contributed by atoms with E-state index in [2.05, 4.69) is 48.9 Å². The molecule has 6 nitrogen and oxygen atoms in total. The smallest absolute Gasteiger partial charge is 0.207 e. The first kappa shape index (κ1) is 22.4. The van der Waals surface area contributed by atoms with Crippen LogP contribution < -0.4 is 28.6 Å². The summed E-state index contributed by atoms with van der Waals surface area (Å²) in [6, 6.07) is 14.4. The van der Waals surface area contributed by atoms with Gasteiger partial charge in [0.2, 0.25) is 11.5 Å². The number of hydrogen-bond donors (Lipinski definition) is 0. The first-order valence-electron chi connectivity index (χ1n) is 10.6. The second-order valence-corrected chi connectivity index (χ2v) is 7.75. The predicted octanol–water partition coefficient (Wildman–Crippen LogP) is 5.56. The quantitative estimate of drug-likeness (QED) is 0.451. The molecule has 3 aromatic carbocycles. The van der Waals surface area contributed by atoms with Gasteiger partial charge in [-0.15, -0.1) is 0 Å². The molecular formula is C27H29NO5. The zero-order chi connectivity index (χ0) is 23.5. The first-order chi connectivity index (χ1) is 16.1. The van der Waals surface area contributed by atoms with Crippen molar-refractivity contribution in [3.63, 3.8) is 0 Å². The number of hydrogen-bond acceptors (Lipinski definition) is 6. The van der Waals surface area contributed by atoms with Gasteiger partial charge in [-0.05, 0) is 34.9 Å². The Bertz CT molecular complexity index is 1190. The van der Waals surface area contributed by atoms with Gasteiger partial charge in [-0.2, -0.15) is 0 Å². The molecule has 1 aliphatic heterocycles. The lowest BCUT2D eigenvalue weighted by Crippen LogP contribution is -2.22. The van der Waals surface area contributed by atoms with Crippen molar-refractivity contribution in [2.24, 2.45) is 0 Å². The van der Waals surface area contributed by atoms with E-state index in [-0.39, 0.29) is 6.61 Å². The number of para-hydroxylation sites is 1. The summed E-state index contributed by atoms with van der Waals surface area (Å²) in [7, 11) is 8.42. The first-order valence-corrected chi connectivity index (χ1v) is 10.6. The number of fused-ring (bicyclic) bond motifs is 3.